The van der Waals surface area contributed by atoms with Crippen LogP contribution in [0.25, 0.3) is 6.08 Å². The summed E-state index contributed by atoms with van der Waals surface area (Å²) in [7, 11) is -6.75. The molecular weight excluding hydrogens is 771 g/mol. The predicted molar refractivity (Wildman–Crippen MR) is 255 cm³/mol. The third-order valence-corrected chi connectivity index (χ3v) is 27.3. The quantitative estimate of drug-likeness (QED) is 0.0865. The lowest BCUT2D eigenvalue weighted by molar-refractivity contribution is -0.147. The highest BCUT2D eigenvalue weighted by Gasteiger charge is 2.50. The van der Waals surface area contributed by atoms with Crippen LogP contribution in [0.4, 0.5) is 0 Å². The van der Waals surface area contributed by atoms with Gasteiger partial charge in [0.15, 0.2) is 25.0 Å². The summed E-state index contributed by atoms with van der Waals surface area (Å²) in [5.74, 6) is -1.13. The zero-order chi connectivity index (χ0) is 45.3. The number of carbonyl (C=O) groups is 2. The van der Waals surface area contributed by atoms with Gasteiger partial charge in [0.1, 0.15) is 5.78 Å². The van der Waals surface area contributed by atoms with E-state index in [2.05, 4.69) is 146 Å². The van der Waals surface area contributed by atoms with Crippen molar-refractivity contribution in [1.29, 1.82) is 0 Å². The van der Waals surface area contributed by atoms with Gasteiger partial charge in [0, 0.05) is 17.5 Å². The van der Waals surface area contributed by atoms with Crippen molar-refractivity contribution >= 4 is 42.8 Å². The third kappa shape index (κ3) is 16.0. The molecule has 0 aliphatic heterocycles. The topological polar surface area (TPSA) is 95.0 Å². The number of carboxylic acids is 1. The second kappa shape index (κ2) is 21.4. The van der Waals surface area contributed by atoms with Crippen LogP contribution in [0.1, 0.15) is 154 Å². The number of carbonyl (C=O) groups excluding carboxylic acids is 1. The lowest BCUT2D eigenvalue weighted by atomic mass is 9.71. The second-order valence-electron chi connectivity index (χ2n) is 22.5. The Labute approximate surface area is 360 Å². The van der Waals surface area contributed by atoms with E-state index >= 15 is 4.79 Å². The number of carboxylic acid groups (broad SMARTS) is 1. The van der Waals surface area contributed by atoms with Gasteiger partial charge in [0.25, 0.3) is 0 Å². The Morgan fingerprint density at radius 3 is 1.78 bits per heavy atom. The smallest absolute Gasteiger partial charge is 0.305 e. The van der Waals surface area contributed by atoms with Crippen molar-refractivity contribution in [1.82, 2.24) is 4.98 Å². The molecule has 0 spiro atoms. The van der Waals surface area contributed by atoms with Crippen molar-refractivity contribution in [2.75, 3.05) is 0 Å². The fourth-order valence-corrected chi connectivity index (χ4v) is 10.8. The molecule has 5 unspecified atom stereocenters. The molecule has 0 fully saturated rings. The SMILES string of the molecule is CCCC(C(=O)C(C)(C)C(CC(=O)O)O[Si](C)(C)C(C)(C)C)C(O[Si](C)(C)C(C)(C)C)C(C)CCCC(C)=CCC(O[Si](C)(C)C(C)(C)C)C(C)=Cc1ccccn1. The minimum Gasteiger partial charge on any atom is -0.481 e. The van der Waals surface area contributed by atoms with Crippen LogP contribution < -0.4 is 0 Å². The van der Waals surface area contributed by atoms with Gasteiger partial charge >= 0.3 is 5.97 Å². The predicted octanol–water partition coefficient (Wildman–Crippen LogP) is 14.3. The Kier molecular flexibility index (Phi) is 20.0. The number of ketones is 1. The minimum atomic E-state index is -2.40. The first-order valence-corrected chi connectivity index (χ1v) is 30.9. The molecule has 1 aromatic rings. The number of pyridine rings is 1. The monoisotopic (exact) mass is 860 g/mol. The van der Waals surface area contributed by atoms with Gasteiger partial charge in [0.05, 0.1) is 30.4 Å². The van der Waals surface area contributed by atoms with Crippen LogP contribution in [0.3, 0.4) is 0 Å². The molecule has 0 saturated heterocycles. The van der Waals surface area contributed by atoms with Crippen molar-refractivity contribution in [3.8, 4) is 0 Å². The molecule has 7 nitrogen and oxygen atoms in total. The maximum atomic E-state index is 15.1. The van der Waals surface area contributed by atoms with Gasteiger partial charge in [-0.2, -0.15) is 0 Å². The number of nitrogens with zero attached hydrogens (tertiary/aromatic N) is 1. The molecule has 0 saturated carbocycles. The first-order chi connectivity index (χ1) is 26.1. The molecule has 5 atom stereocenters. The molecule has 0 radical (unpaired) electrons. The van der Waals surface area contributed by atoms with E-state index in [0.717, 1.165) is 37.8 Å². The van der Waals surface area contributed by atoms with Crippen molar-refractivity contribution in [2.45, 2.75) is 222 Å². The van der Waals surface area contributed by atoms with Gasteiger partial charge in [0.2, 0.25) is 0 Å². The molecule has 1 heterocycles. The van der Waals surface area contributed by atoms with E-state index in [4.69, 9.17) is 13.3 Å². The van der Waals surface area contributed by atoms with Crippen LogP contribution >= 0.6 is 0 Å². The Morgan fingerprint density at radius 1 is 0.793 bits per heavy atom. The second-order valence-corrected chi connectivity index (χ2v) is 36.7. The maximum Gasteiger partial charge on any atom is 0.305 e. The summed E-state index contributed by atoms with van der Waals surface area (Å²) in [5.41, 5.74) is 2.44. The van der Waals surface area contributed by atoms with Crippen LogP contribution in [0.2, 0.25) is 54.4 Å². The van der Waals surface area contributed by atoms with Crippen LogP contribution in [-0.2, 0) is 22.9 Å². The molecule has 1 aromatic heterocycles. The molecule has 0 aromatic carbocycles. The number of Topliss-reactive ketones (excluding diaryl/α,β-unsaturated/α-hetero) is 1. The Morgan fingerprint density at radius 2 is 1.31 bits per heavy atom. The zero-order valence-corrected chi connectivity index (χ0v) is 44.2. The van der Waals surface area contributed by atoms with E-state index < -0.39 is 42.4 Å². The molecule has 0 amide bonds. The lowest BCUT2D eigenvalue weighted by Crippen LogP contribution is -2.55. The number of rotatable bonds is 23. The summed E-state index contributed by atoms with van der Waals surface area (Å²) in [6.45, 7) is 46.1. The summed E-state index contributed by atoms with van der Waals surface area (Å²) >= 11 is 0. The van der Waals surface area contributed by atoms with E-state index in [9.17, 15) is 9.90 Å². The summed E-state index contributed by atoms with van der Waals surface area (Å²) in [6, 6.07) is 6.00. The average molecular weight is 860 g/mol. The zero-order valence-electron chi connectivity index (χ0n) is 41.2. The van der Waals surface area contributed by atoms with Gasteiger partial charge in [-0.15, -0.1) is 0 Å². The van der Waals surface area contributed by atoms with Crippen molar-refractivity contribution in [3.63, 3.8) is 0 Å². The fourth-order valence-electron chi connectivity index (χ4n) is 6.56. The number of aromatic nitrogens is 1. The largest absolute Gasteiger partial charge is 0.481 e. The highest BCUT2D eigenvalue weighted by Crippen LogP contribution is 2.45. The van der Waals surface area contributed by atoms with Crippen molar-refractivity contribution in [2.24, 2.45) is 17.3 Å². The maximum absolute atomic E-state index is 15.1. The van der Waals surface area contributed by atoms with E-state index in [1.807, 2.05) is 38.2 Å². The van der Waals surface area contributed by atoms with E-state index in [1.165, 1.54) is 11.1 Å². The molecule has 58 heavy (non-hydrogen) atoms. The molecule has 334 valence electrons. The first kappa shape index (κ1) is 54.3. The highest BCUT2D eigenvalue weighted by molar-refractivity contribution is 6.75. The van der Waals surface area contributed by atoms with Crippen LogP contribution in [0.15, 0.2) is 41.6 Å². The molecule has 0 aliphatic rings. The number of hydrogen-bond donors (Lipinski definition) is 1. The van der Waals surface area contributed by atoms with Gasteiger partial charge in [-0.3, -0.25) is 14.6 Å². The first-order valence-electron chi connectivity index (χ1n) is 22.2. The Balaban J connectivity index is 3.50. The Bertz CT molecular complexity index is 1510. The highest BCUT2D eigenvalue weighted by atomic mass is 28.4. The number of aliphatic carboxylic acids is 1. The fraction of sp³-hybridized carbons (Fsp3) is 0.771. The molecule has 1 N–H and O–H groups in total. The van der Waals surface area contributed by atoms with E-state index in [-0.39, 0.29) is 51.4 Å². The minimum absolute atomic E-state index is 0.0334. The summed E-state index contributed by atoms with van der Waals surface area (Å²) < 4.78 is 21.2. The molecule has 0 aliphatic carbocycles. The van der Waals surface area contributed by atoms with Gasteiger partial charge in [-0.1, -0.05) is 114 Å². The summed E-state index contributed by atoms with van der Waals surface area (Å²) in [5, 5.41) is 10.0. The van der Waals surface area contributed by atoms with Crippen LogP contribution in [0.5, 0.6) is 0 Å². The van der Waals surface area contributed by atoms with E-state index in [1.54, 1.807) is 0 Å². The van der Waals surface area contributed by atoms with Crippen molar-refractivity contribution < 1.29 is 28.0 Å². The van der Waals surface area contributed by atoms with Crippen LogP contribution in [-0.4, -0.2) is 65.1 Å². The van der Waals surface area contributed by atoms with E-state index in [0.29, 0.717) is 6.42 Å². The summed E-state index contributed by atoms with van der Waals surface area (Å²) in [4.78, 5) is 32.0. The number of hydrogen-bond acceptors (Lipinski definition) is 6. The molecular formula is C48H89NO6Si3. The number of allylic oxidation sites excluding steroid dienone is 1. The van der Waals surface area contributed by atoms with Gasteiger partial charge in [-0.05, 0) is 130 Å². The normalized spacial score (nSPS) is 17.1. The summed E-state index contributed by atoms with van der Waals surface area (Å²) in [6.07, 6.45) is 10.3. The lowest BCUT2D eigenvalue weighted by Gasteiger charge is -2.47. The molecule has 10 heteroatoms. The third-order valence-electron chi connectivity index (χ3n) is 13.9. The van der Waals surface area contributed by atoms with Gasteiger partial charge in [-0.25, -0.2) is 0 Å². The van der Waals surface area contributed by atoms with Crippen LogP contribution in [0, 0.1) is 17.3 Å². The van der Waals surface area contributed by atoms with Crippen molar-refractivity contribution in [3.05, 3.63) is 47.3 Å². The van der Waals surface area contributed by atoms with Gasteiger partial charge < -0.3 is 18.4 Å². The Hall–Kier alpha value is -1.70. The average Bonchev–Trinajstić information content (AvgIpc) is 3.06. The molecule has 0 bridgehead atoms. The molecule has 1 rings (SSSR count). The standard InChI is InChI=1S/C48H89NO6Si3/c1-22-26-39(44(52)48(14,15)41(34-42(50)51)54-57(18,19)46(8,9)10)43(55-58(20,21)47(11,12)13)36(3)28-25-27-35(2)30-31-40(53-56(16,17)45(5,6)7)37(4)33-38-29-23-24-32-49-38/h23-24,29-30,32-33,36,39-41,43H,22,25-28,31,34H2,1-21H3,(H,50,51).